The van der Waals surface area contributed by atoms with Gasteiger partial charge < -0.3 is 15.8 Å². The van der Waals surface area contributed by atoms with Gasteiger partial charge in [-0.3, -0.25) is 4.79 Å². The smallest absolute Gasteiger partial charge is 0.177 e. The molecule has 0 aliphatic carbocycles. The number of hydrogen-bond donors (Lipinski definition) is 2. The van der Waals surface area contributed by atoms with Gasteiger partial charge in [0.25, 0.3) is 0 Å². The number of thiophene rings is 1. The van der Waals surface area contributed by atoms with Gasteiger partial charge in [-0.15, -0.1) is 11.3 Å². The number of Topliss-reactive ketones (excluding diaryl/α,β-unsaturated/α-hetero) is 1. The molecular weight excluding hydrogens is 284 g/mol. The van der Waals surface area contributed by atoms with Crippen molar-refractivity contribution in [2.24, 2.45) is 5.92 Å². The predicted octanol–water partition coefficient (Wildman–Crippen LogP) is 4.56. The summed E-state index contributed by atoms with van der Waals surface area (Å²) in [6.07, 6.45) is 2.05. The number of carbonyl (C=O) groups excluding carboxylic acids is 1. The Labute approximate surface area is 132 Å². The number of nitrogen functional groups attached to an aromatic ring is 1. The number of rotatable bonds is 8. The maximum absolute atomic E-state index is 12.3. The summed E-state index contributed by atoms with van der Waals surface area (Å²) in [7, 11) is 0. The van der Waals surface area contributed by atoms with E-state index in [-0.39, 0.29) is 17.8 Å². The number of anilines is 2. The minimum atomic E-state index is -0.0705. The van der Waals surface area contributed by atoms with E-state index in [9.17, 15) is 4.79 Å². The Morgan fingerprint density at radius 1 is 1.24 bits per heavy atom. The lowest BCUT2D eigenvalue weighted by Crippen LogP contribution is -2.17. The van der Waals surface area contributed by atoms with Gasteiger partial charge in [-0.1, -0.05) is 27.7 Å². The second-order valence-corrected chi connectivity index (χ2v) is 6.87. The molecule has 0 aliphatic rings. The van der Waals surface area contributed by atoms with Crippen LogP contribution in [-0.4, -0.2) is 17.9 Å². The molecule has 21 heavy (non-hydrogen) atoms. The molecular formula is C16H28N2O2S. The van der Waals surface area contributed by atoms with Crippen LogP contribution >= 0.6 is 11.3 Å². The summed E-state index contributed by atoms with van der Waals surface area (Å²) >= 11 is 1.41. The average molecular weight is 312 g/mol. The molecule has 0 atom stereocenters. The zero-order valence-electron chi connectivity index (χ0n) is 13.9. The summed E-state index contributed by atoms with van der Waals surface area (Å²) in [5.74, 6) is 0.633. The van der Waals surface area contributed by atoms with E-state index in [2.05, 4.69) is 19.2 Å². The van der Waals surface area contributed by atoms with E-state index in [1.54, 1.807) is 0 Å². The fourth-order valence-corrected chi connectivity index (χ4v) is 3.22. The highest BCUT2D eigenvalue weighted by molar-refractivity contribution is 7.19. The van der Waals surface area contributed by atoms with Crippen molar-refractivity contribution in [2.75, 3.05) is 11.1 Å². The molecule has 5 heteroatoms. The van der Waals surface area contributed by atoms with Gasteiger partial charge in [-0.05, 0) is 26.7 Å². The lowest BCUT2D eigenvalue weighted by molar-refractivity contribution is 0.0944. The highest BCUT2D eigenvalue weighted by atomic mass is 32.1. The van der Waals surface area contributed by atoms with Crippen LogP contribution in [0, 0.1) is 5.92 Å². The van der Waals surface area contributed by atoms with Gasteiger partial charge in [0.15, 0.2) is 11.5 Å². The van der Waals surface area contributed by atoms with Crippen molar-refractivity contribution in [2.45, 2.75) is 66.5 Å². The fourth-order valence-electron chi connectivity index (χ4n) is 2.00. The standard InChI is InChI=1S/C16H28N2O2S/c1-7-11(8-2)18-16-14(20-10(5)6)12(17)15(21-16)13(19)9(3)4/h9-11,18H,7-8,17H2,1-6H3. The molecule has 4 nitrogen and oxygen atoms in total. The van der Waals surface area contributed by atoms with Crippen molar-refractivity contribution in [1.29, 1.82) is 0 Å². The van der Waals surface area contributed by atoms with Crippen molar-refractivity contribution in [1.82, 2.24) is 0 Å². The predicted molar refractivity (Wildman–Crippen MR) is 91.7 cm³/mol. The van der Waals surface area contributed by atoms with E-state index >= 15 is 0 Å². The first-order valence-electron chi connectivity index (χ1n) is 7.71. The van der Waals surface area contributed by atoms with E-state index in [4.69, 9.17) is 10.5 Å². The zero-order valence-corrected chi connectivity index (χ0v) is 14.8. The summed E-state index contributed by atoms with van der Waals surface area (Å²) in [6, 6.07) is 0.361. The molecule has 1 aromatic rings. The normalized spacial score (nSPS) is 11.5. The molecule has 0 amide bonds. The molecule has 120 valence electrons. The van der Waals surface area contributed by atoms with Gasteiger partial charge in [0.2, 0.25) is 0 Å². The molecule has 1 rings (SSSR count). The van der Waals surface area contributed by atoms with E-state index in [0.29, 0.717) is 22.4 Å². The van der Waals surface area contributed by atoms with Crippen LogP contribution in [0.25, 0.3) is 0 Å². The highest BCUT2D eigenvalue weighted by Crippen LogP contribution is 2.44. The van der Waals surface area contributed by atoms with Crippen LogP contribution in [0.4, 0.5) is 10.7 Å². The molecule has 0 saturated carbocycles. The van der Waals surface area contributed by atoms with Crippen LogP contribution in [0.15, 0.2) is 0 Å². The van der Waals surface area contributed by atoms with Gasteiger partial charge in [-0.25, -0.2) is 0 Å². The summed E-state index contributed by atoms with van der Waals surface area (Å²) < 4.78 is 5.85. The number of ether oxygens (including phenoxy) is 1. The SMILES string of the molecule is CCC(CC)Nc1sc(C(=O)C(C)C)c(N)c1OC(C)C. The molecule has 0 bridgehead atoms. The summed E-state index contributed by atoms with van der Waals surface area (Å²) in [5, 5.41) is 4.34. The Morgan fingerprint density at radius 3 is 2.24 bits per heavy atom. The van der Waals surface area contributed by atoms with Crippen LogP contribution < -0.4 is 15.8 Å². The zero-order chi connectivity index (χ0) is 16.2. The van der Waals surface area contributed by atoms with Crippen LogP contribution in [0.5, 0.6) is 5.75 Å². The third-order valence-electron chi connectivity index (χ3n) is 3.32. The van der Waals surface area contributed by atoms with E-state index in [1.807, 2.05) is 27.7 Å². The van der Waals surface area contributed by atoms with E-state index < -0.39 is 0 Å². The van der Waals surface area contributed by atoms with Crippen LogP contribution in [0.1, 0.15) is 64.1 Å². The summed E-state index contributed by atoms with van der Waals surface area (Å²) in [6.45, 7) is 12.0. The molecule has 3 N–H and O–H groups in total. The average Bonchev–Trinajstić information content (AvgIpc) is 2.72. The van der Waals surface area contributed by atoms with Crippen LogP contribution in [0.3, 0.4) is 0 Å². The number of nitrogens with one attached hydrogen (secondary N) is 1. The summed E-state index contributed by atoms with van der Waals surface area (Å²) in [5.41, 5.74) is 6.65. The number of carbonyl (C=O) groups is 1. The summed E-state index contributed by atoms with van der Waals surface area (Å²) in [4.78, 5) is 12.9. The first-order valence-corrected chi connectivity index (χ1v) is 8.52. The van der Waals surface area contributed by atoms with Crippen LogP contribution in [-0.2, 0) is 0 Å². The number of hydrogen-bond acceptors (Lipinski definition) is 5. The maximum Gasteiger partial charge on any atom is 0.177 e. The Bertz CT molecular complexity index is 477. The Hall–Kier alpha value is -1.23. The first-order chi connectivity index (χ1) is 9.81. The van der Waals surface area contributed by atoms with Crippen molar-refractivity contribution in [3.8, 4) is 5.75 Å². The molecule has 1 heterocycles. The topological polar surface area (TPSA) is 64.4 Å². The lowest BCUT2D eigenvalue weighted by atomic mass is 10.1. The van der Waals surface area contributed by atoms with Crippen molar-refractivity contribution in [3.05, 3.63) is 4.88 Å². The fraction of sp³-hybridized carbons (Fsp3) is 0.688. The van der Waals surface area contributed by atoms with Gasteiger partial charge in [-0.2, -0.15) is 0 Å². The van der Waals surface area contributed by atoms with Crippen molar-refractivity contribution in [3.63, 3.8) is 0 Å². The monoisotopic (exact) mass is 312 g/mol. The lowest BCUT2D eigenvalue weighted by Gasteiger charge is -2.17. The molecule has 0 radical (unpaired) electrons. The second kappa shape index (κ2) is 7.69. The third kappa shape index (κ3) is 4.37. The van der Waals surface area contributed by atoms with E-state index in [0.717, 1.165) is 17.8 Å². The second-order valence-electron chi connectivity index (χ2n) is 5.85. The largest absolute Gasteiger partial charge is 0.486 e. The van der Waals surface area contributed by atoms with Gasteiger partial charge in [0, 0.05) is 12.0 Å². The van der Waals surface area contributed by atoms with Gasteiger partial charge in [0.1, 0.15) is 5.00 Å². The third-order valence-corrected chi connectivity index (χ3v) is 4.45. The molecule has 0 aliphatic heterocycles. The molecule has 1 aromatic heterocycles. The minimum absolute atomic E-state index is 0.0196. The highest BCUT2D eigenvalue weighted by Gasteiger charge is 2.25. The number of ketones is 1. The van der Waals surface area contributed by atoms with Crippen molar-refractivity contribution >= 4 is 27.8 Å². The number of nitrogens with two attached hydrogens (primary N) is 1. The van der Waals surface area contributed by atoms with E-state index in [1.165, 1.54) is 11.3 Å². The van der Waals surface area contributed by atoms with Crippen LogP contribution in [0.2, 0.25) is 0 Å². The van der Waals surface area contributed by atoms with Gasteiger partial charge >= 0.3 is 0 Å². The molecule has 0 aromatic carbocycles. The maximum atomic E-state index is 12.3. The molecule has 0 spiro atoms. The van der Waals surface area contributed by atoms with Crippen molar-refractivity contribution < 1.29 is 9.53 Å². The molecule has 0 saturated heterocycles. The Balaban J connectivity index is 3.20. The minimum Gasteiger partial charge on any atom is -0.486 e. The van der Waals surface area contributed by atoms with Gasteiger partial charge in [0.05, 0.1) is 16.7 Å². The quantitative estimate of drug-likeness (QED) is 0.691. The molecule has 0 fully saturated rings. The Kier molecular flexibility index (Phi) is 6.52. The molecule has 0 unspecified atom stereocenters. The first kappa shape index (κ1) is 17.8. The Morgan fingerprint density at radius 2 is 1.81 bits per heavy atom.